The molecule has 0 radical (unpaired) electrons. The number of anilines is 2. The van der Waals surface area contributed by atoms with Crippen LogP contribution < -0.4 is 20.1 Å². The standard InChI is InChI=1S/C25H34N4O5/c1-16-13-29(17(2)15-30)24(31)21-12-19(8-11-22(21)34-23(16)14-28(3)4)27-25(32)26-18-6-9-20(33-5)10-7-18/h6-12,16-17,23,30H,13-15H2,1-5H3,(H2,26,27,32)/t16-,17-,23-/m0/s1. The van der Waals surface area contributed by atoms with Crippen LogP contribution in [0.3, 0.4) is 0 Å². The van der Waals surface area contributed by atoms with Gasteiger partial charge in [-0.3, -0.25) is 4.79 Å². The molecule has 0 aliphatic carbocycles. The summed E-state index contributed by atoms with van der Waals surface area (Å²) in [7, 11) is 5.53. The Morgan fingerprint density at radius 2 is 1.85 bits per heavy atom. The summed E-state index contributed by atoms with van der Waals surface area (Å²) in [4.78, 5) is 29.7. The third kappa shape index (κ3) is 6.18. The van der Waals surface area contributed by atoms with Crippen molar-refractivity contribution in [2.45, 2.75) is 26.0 Å². The summed E-state index contributed by atoms with van der Waals surface area (Å²) in [6.45, 7) is 4.85. The van der Waals surface area contributed by atoms with Crippen LogP contribution in [0.5, 0.6) is 11.5 Å². The fourth-order valence-corrected chi connectivity index (χ4v) is 3.85. The molecule has 9 heteroatoms. The maximum Gasteiger partial charge on any atom is 0.323 e. The van der Waals surface area contributed by atoms with Gasteiger partial charge in [0.25, 0.3) is 5.91 Å². The minimum Gasteiger partial charge on any atom is -0.497 e. The van der Waals surface area contributed by atoms with Crippen molar-refractivity contribution >= 4 is 23.3 Å². The maximum atomic E-state index is 13.4. The van der Waals surface area contributed by atoms with Gasteiger partial charge in [-0.2, -0.15) is 0 Å². The summed E-state index contributed by atoms with van der Waals surface area (Å²) in [5.41, 5.74) is 1.40. The molecule has 184 valence electrons. The quantitative estimate of drug-likeness (QED) is 0.575. The highest BCUT2D eigenvalue weighted by Crippen LogP contribution is 2.30. The van der Waals surface area contributed by atoms with Gasteiger partial charge in [-0.1, -0.05) is 6.92 Å². The Kier molecular flexibility index (Phi) is 8.36. The number of nitrogens with zero attached hydrogens (tertiary/aromatic N) is 2. The predicted molar refractivity (Wildman–Crippen MR) is 132 cm³/mol. The zero-order valence-corrected chi connectivity index (χ0v) is 20.4. The highest BCUT2D eigenvalue weighted by atomic mass is 16.5. The van der Waals surface area contributed by atoms with E-state index in [1.54, 1.807) is 54.5 Å². The first kappa shape index (κ1) is 25.3. The Morgan fingerprint density at radius 3 is 2.47 bits per heavy atom. The number of nitrogens with one attached hydrogen (secondary N) is 2. The molecule has 0 saturated heterocycles. The van der Waals surface area contributed by atoms with Crippen LogP contribution in [-0.2, 0) is 0 Å². The van der Waals surface area contributed by atoms with Crippen molar-refractivity contribution in [3.05, 3.63) is 48.0 Å². The molecule has 0 saturated carbocycles. The molecule has 2 aromatic rings. The number of hydrogen-bond donors (Lipinski definition) is 3. The number of ether oxygens (including phenoxy) is 2. The molecule has 2 aromatic carbocycles. The largest absolute Gasteiger partial charge is 0.497 e. The van der Waals surface area contributed by atoms with Gasteiger partial charge in [0.15, 0.2) is 0 Å². The summed E-state index contributed by atoms with van der Waals surface area (Å²) in [5.74, 6) is 0.960. The SMILES string of the molecule is COc1ccc(NC(=O)Nc2ccc3c(c2)C(=O)N([C@@H](C)CO)C[C@H](C)[C@H](CN(C)C)O3)cc1. The van der Waals surface area contributed by atoms with Crippen molar-refractivity contribution in [2.24, 2.45) is 5.92 Å². The summed E-state index contributed by atoms with van der Waals surface area (Å²) in [6, 6.07) is 11.2. The molecule has 34 heavy (non-hydrogen) atoms. The molecule has 0 spiro atoms. The van der Waals surface area contributed by atoms with E-state index in [1.165, 1.54) is 0 Å². The van der Waals surface area contributed by atoms with Gasteiger partial charge in [0.1, 0.15) is 17.6 Å². The predicted octanol–water partition coefficient (Wildman–Crippen LogP) is 3.12. The van der Waals surface area contributed by atoms with Crippen molar-refractivity contribution in [1.29, 1.82) is 0 Å². The van der Waals surface area contributed by atoms with Gasteiger partial charge >= 0.3 is 6.03 Å². The van der Waals surface area contributed by atoms with Crippen LogP contribution >= 0.6 is 0 Å². The Hall–Kier alpha value is -3.30. The monoisotopic (exact) mass is 470 g/mol. The minimum absolute atomic E-state index is 0.0570. The van der Waals surface area contributed by atoms with Crippen LogP contribution in [0.4, 0.5) is 16.2 Å². The van der Waals surface area contributed by atoms with E-state index in [0.717, 1.165) is 0 Å². The van der Waals surface area contributed by atoms with Crippen LogP contribution in [0.25, 0.3) is 0 Å². The van der Waals surface area contributed by atoms with Gasteiger partial charge in [0.2, 0.25) is 0 Å². The van der Waals surface area contributed by atoms with Crippen molar-refractivity contribution < 1.29 is 24.2 Å². The maximum absolute atomic E-state index is 13.4. The average Bonchev–Trinajstić information content (AvgIpc) is 2.81. The van der Waals surface area contributed by atoms with Gasteiger partial charge in [0.05, 0.1) is 25.3 Å². The molecule has 0 unspecified atom stereocenters. The molecule has 0 bridgehead atoms. The highest BCUT2D eigenvalue weighted by Gasteiger charge is 2.33. The fraction of sp³-hybridized carbons (Fsp3) is 0.440. The highest BCUT2D eigenvalue weighted by molar-refractivity contribution is 6.02. The second kappa shape index (κ2) is 11.2. The molecule has 9 nitrogen and oxygen atoms in total. The number of aliphatic hydroxyl groups is 1. The van der Waals surface area contributed by atoms with Gasteiger partial charge in [0, 0.05) is 30.4 Å². The van der Waals surface area contributed by atoms with E-state index in [2.05, 4.69) is 10.6 Å². The molecule has 3 atom stereocenters. The first-order chi connectivity index (χ1) is 16.2. The van der Waals surface area contributed by atoms with Gasteiger partial charge in [-0.15, -0.1) is 0 Å². The number of carbonyl (C=O) groups is 2. The molecule has 3 N–H and O–H groups in total. The van der Waals surface area contributed by atoms with E-state index in [0.29, 0.717) is 41.5 Å². The number of likely N-dealkylation sites (N-methyl/N-ethyl adjacent to an activating group) is 1. The first-order valence-corrected chi connectivity index (χ1v) is 11.3. The van der Waals surface area contributed by atoms with Gasteiger partial charge in [-0.25, -0.2) is 4.79 Å². The van der Waals surface area contributed by atoms with Gasteiger partial charge in [-0.05, 0) is 63.5 Å². The number of hydrogen-bond acceptors (Lipinski definition) is 6. The number of amides is 3. The third-order valence-corrected chi connectivity index (χ3v) is 5.82. The van der Waals surface area contributed by atoms with Gasteiger partial charge < -0.3 is 35.0 Å². The Balaban J connectivity index is 1.85. The second-order valence-corrected chi connectivity index (χ2v) is 8.90. The number of fused-ring (bicyclic) bond motifs is 1. The zero-order chi connectivity index (χ0) is 24.8. The lowest BCUT2D eigenvalue weighted by atomic mass is 9.99. The van der Waals surface area contributed by atoms with E-state index in [-0.39, 0.29) is 30.6 Å². The van der Waals surface area contributed by atoms with Crippen molar-refractivity contribution in [1.82, 2.24) is 9.80 Å². The molecule has 1 heterocycles. The lowest BCUT2D eigenvalue weighted by molar-refractivity contribution is 0.0363. The van der Waals surface area contributed by atoms with Crippen LogP contribution in [0, 0.1) is 5.92 Å². The third-order valence-electron chi connectivity index (χ3n) is 5.82. The molecular formula is C25H34N4O5. The summed E-state index contributed by atoms with van der Waals surface area (Å²) in [6.07, 6.45) is -0.146. The van der Waals surface area contributed by atoms with Crippen molar-refractivity contribution in [3.8, 4) is 11.5 Å². The molecule has 1 aliphatic heterocycles. The van der Waals surface area contributed by atoms with Crippen LogP contribution in [0.1, 0.15) is 24.2 Å². The smallest absolute Gasteiger partial charge is 0.323 e. The molecule has 0 fully saturated rings. The molecule has 1 aliphatic rings. The molecule has 3 amide bonds. The van der Waals surface area contributed by atoms with Crippen LogP contribution in [-0.4, -0.2) is 79.9 Å². The van der Waals surface area contributed by atoms with Crippen molar-refractivity contribution in [3.63, 3.8) is 0 Å². The normalized spacial score (nSPS) is 18.9. The van der Waals surface area contributed by atoms with Crippen molar-refractivity contribution in [2.75, 3.05) is 51.5 Å². The summed E-state index contributed by atoms with van der Waals surface area (Å²) < 4.78 is 11.4. The topological polar surface area (TPSA) is 103 Å². The Labute approximate surface area is 200 Å². The number of urea groups is 1. The van der Waals surface area contributed by atoms with E-state index in [1.807, 2.05) is 32.8 Å². The summed E-state index contributed by atoms with van der Waals surface area (Å²) in [5, 5.41) is 15.3. The Bertz CT molecular complexity index is 995. The average molecular weight is 471 g/mol. The second-order valence-electron chi connectivity index (χ2n) is 8.90. The lowest BCUT2D eigenvalue weighted by Gasteiger charge is -2.37. The molecular weight excluding hydrogens is 436 g/mol. The zero-order valence-electron chi connectivity index (χ0n) is 20.4. The first-order valence-electron chi connectivity index (χ1n) is 11.3. The molecule has 3 rings (SSSR count). The Morgan fingerprint density at radius 1 is 1.21 bits per heavy atom. The number of methoxy groups -OCH3 is 1. The van der Waals surface area contributed by atoms with Crippen LogP contribution in [0.15, 0.2) is 42.5 Å². The number of benzene rings is 2. The number of aliphatic hydroxyl groups excluding tert-OH is 1. The van der Waals surface area contributed by atoms with E-state index in [4.69, 9.17) is 9.47 Å². The van der Waals surface area contributed by atoms with E-state index in [9.17, 15) is 14.7 Å². The number of rotatable bonds is 7. The summed E-state index contributed by atoms with van der Waals surface area (Å²) >= 11 is 0. The number of carbonyl (C=O) groups excluding carboxylic acids is 2. The molecule has 0 aromatic heterocycles. The van der Waals surface area contributed by atoms with Crippen LogP contribution in [0.2, 0.25) is 0 Å². The van der Waals surface area contributed by atoms with E-state index < -0.39 is 6.03 Å². The fourth-order valence-electron chi connectivity index (χ4n) is 3.85. The lowest BCUT2D eigenvalue weighted by Crippen LogP contribution is -2.49. The minimum atomic E-state index is -0.441. The van der Waals surface area contributed by atoms with E-state index >= 15 is 0 Å².